The number of carbonyl (C=O) groups is 2. The molecule has 3 aromatic heterocycles. The third kappa shape index (κ3) is 5.68. The number of cyclic esters (lactones) is 2. The highest BCUT2D eigenvalue weighted by Crippen LogP contribution is 2.56. The lowest BCUT2D eigenvalue weighted by molar-refractivity contribution is -0.172. The molecule has 6 heterocycles. The number of aliphatic hydroxyl groups is 1. The van der Waals surface area contributed by atoms with E-state index in [1.54, 1.807) is 31.3 Å². The number of phenols is 1. The van der Waals surface area contributed by atoms with Crippen LogP contribution in [0.2, 0.25) is 0 Å². The number of aromatic hydroxyl groups is 1. The number of rotatable bonds is 8. The summed E-state index contributed by atoms with van der Waals surface area (Å²) in [6.45, 7) is 1.65. The maximum Gasteiger partial charge on any atom is 0.343 e. The van der Waals surface area contributed by atoms with Crippen molar-refractivity contribution in [3.63, 3.8) is 0 Å². The number of anilines is 2. The fourth-order valence-electron chi connectivity index (χ4n) is 9.94. The molecule has 0 unspecified atom stereocenters. The molecular formula is C48H40N4O11. The van der Waals surface area contributed by atoms with E-state index in [9.17, 15) is 24.6 Å². The summed E-state index contributed by atoms with van der Waals surface area (Å²) >= 11 is 0. The van der Waals surface area contributed by atoms with Crippen molar-refractivity contribution in [3.8, 4) is 28.7 Å². The summed E-state index contributed by atoms with van der Waals surface area (Å²) in [6, 6.07) is 24.0. The van der Waals surface area contributed by atoms with Crippen LogP contribution in [0.5, 0.6) is 28.7 Å². The molecule has 1 saturated heterocycles. The van der Waals surface area contributed by atoms with E-state index in [2.05, 4.69) is 10.6 Å². The number of hydrogen-bond acceptors (Lipinski definition) is 14. The molecule has 4 aliphatic rings. The summed E-state index contributed by atoms with van der Waals surface area (Å²) in [7, 11) is 2.92. The highest BCUT2D eigenvalue weighted by Gasteiger charge is 2.53. The molecule has 4 N–H and O–H groups in total. The predicted octanol–water partition coefficient (Wildman–Crippen LogP) is 5.76. The van der Waals surface area contributed by atoms with Crippen molar-refractivity contribution in [2.24, 2.45) is 11.8 Å². The molecule has 0 radical (unpaired) electrons. The van der Waals surface area contributed by atoms with Gasteiger partial charge in [0.05, 0.1) is 66.3 Å². The fourth-order valence-corrected chi connectivity index (χ4v) is 9.94. The average molecular weight is 849 g/mol. The van der Waals surface area contributed by atoms with Gasteiger partial charge >= 0.3 is 11.9 Å². The van der Waals surface area contributed by atoms with Crippen LogP contribution in [0.1, 0.15) is 53.1 Å². The SMILES string of the molecule is CC[C@@]1(O)C(=O)OCc2c1cc1c3nc4ccccc4c(=CNc4ccccc4N[C@@H]4c5cc6c(cc5[C@@H](c5cc(OC)c(O)c(OC)c5)[C@H]5C(=O)OC[C@@H]54)OCO6)c3cn1c2=O. The molecular weight excluding hydrogens is 809 g/mol. The molecule has 3 aliphatic heterocycles. The van der Waals surface area contributed by atoms with Gasteiger partial charge in [0.1, 0.15) is 6.61 Å². The van der Waals surface area contributed by atoms with E-state index in [1.807, 2.05) is 66.9 Å². The smallest absolute Gasteiger partial charge is 0.343 e. The zero-order valence-corrected chi connectivity index (χ0v) is 34.3. The number of para-hydroxylation sites is 3. The van der Waals surface area contributed by atoms with Gasteiger partial charge in [-0.2, -0.15) is 0 Å². The quantitative estimate of drug-likeness (QED) is 0.135. The van der Waals surface area contributed by atoms with Crippen molar-refractivity contribution in [2.45, 2.75) is 37.5 Å². The maximum atomic E-state index is 14.0. The molecule has 7 aromatic rings. The van der Waals surface area contributed by atoms with E-state index in [-0.39, 0.29) is 66.7 Å². The van der Waals surface area contributed by atoms with E-state index in [4.69, 9.17) is 33.4 Å². The number of nitrogens with one attached hydrogen (secondary N) is 2. The van der Waals surface area contributed by atoms with E-state index >= 15 is 0 Å². The first kappa shape index (κ1) is 38.4. The minimum Gasteiger partial charge on any atom is -0.502 e. The molecule has 0 spiro atoms. The fraction of sp³-hybridized carbons (Fsp3) is 0.250. The van der Waals surface area contributed by atoms with Crippen molar-refractivity contribution in [1.82, 2.24) is 9.38 Å². The van der Waals surface area contributed by atoms with E-state index in [1.165, 1.54) is 18.6 Å². The number of hydrogen-bond donors (Lipinski definition) is 4. The van der Waals surface area contributed by atoms with Crippen molar-refractivity contribution in [2.75, 3.05) is 38.3 Å². The number of carbonyl (C=O) groups excluding carboxylic acids is 2. The van der Waals surface area contributed by atoms with E-state index in [0.29, 0.717) is 39.0 Å². The molecule has 15 nitrogen and oxygen atoms in total. The molecule has 15 heteroatoms. The van der Waals surface area contributed by atoms with Gasteiger partial charge in [-0.1, -0.05) is 37.3 Å². The molecule has 4 aromatic carbocycles. The first-order chi connectivity index (χ1) is 30.6. The van der Waals surface area contributed by atoms with Crippen LogP contribution in [0.3, 0.4) is 0 Å². The Labute approximate surface area is 358 Å². The lowest BCUT2D eigenvalue weighted by Gasteiger charge is -2.40. The number of pyridine rings is 2. The number of nitrogens with zero attached hydrogens (tertiary/aromatic N) is 2. The topological polar surface area (TPSA) is 188 Å². The summed E-state index contributed by atoms with van der Waals surface area (Å²) in [6.07, 6.45) is 3.65. The summed E-state index contributed by atoms with van der Waals surface area (Å²) in [5, 5.41) is 31.8. The predicted molar refractivity (Wildman–Crippen MR) is 230 cm³/mol. The lowest BCUT2D eigenvalue weighted by atomic mass is 9.65. The number of methoxy groups -OCH3 is 2. The van der Waals surface area contributed by atoms with Gasteiger partial charge in [0.15, 0.2) is 28.6 Å². The molecule has 0 saturated carbocycles. The Morgan fingerprint density at radius 3 is 2.35 bits per heavy atom. The molecule has 318 valence electrons. The Bertz CT molecular complexity index is 3200. The highest BCUT2D eigenvalue weighted by atomic mass is 16.7. The number of aromatic nitrogens is 2. The Kier molecular flexibility index (Phi) is 8.70. The van der Waals surface area contributed by atoms with Gasteiger partial charge in [0, 0.05) is 45.8 Å². The van der Waals surface area contributed by atoms with Crippen LogP contribution < -0.4 is 40.4 Å². The van der Waals surface area contributed by atoms with Crippen LogP contribution in [0, 0.1) is 11.8 Å². The van der Waals surface area contributed by atoms with Gasteiger partial charge in [-0.25, -0.2) is 9.78 Å². The Morgan fingerprint density at radius 1 is 0.889 bits per heavy atom. The number of esters is 2. The molecule has 0 amide bonds. The highest BCUT2D eigenvalue weighted by molar-refractivity contribution is 6.02. The van der Waals surface area contributed by atoms with Crippen LogP contribution in [0.25, 0.3) is 33.5 Å². The van der Waals surface area contributed by atoms with Crippen LogP contribution in [-0.4, -0.2) is 59.2 Å². The zero-order valence-electron chi connectivity index (χ0n) is 34.3. The van der Waals surface area contributed by atoms with Crippen LogP contribution >= 0.6 is 0 Å². The number of fused-ring (bicyclic) bond motifs is 8. The molecule has 0 bridgehead atoms. The Morgan fingerprint density at radius 2 is 1.60 bits per heavy atom. The van der Waals surface area contributed by atoms with Gasteiger partial charge in [-0.15, -0.1) is 0 Å². The van der Waals surface area contributed by atoms with E-state index in [0.717, 1.165) is 33.1 Å². The summed E-state index contributed by atoms with van der Waals surface area (Å²) in [5.41, 5.74) is 3.63. The van der Waals surface area contributed by atoms with Crippen molar-refractivity contribution in [1.29, 1.82) is 0 Å². The molecule has 5 atom stereocenters. The van der Waals surface area contributed by atoms with Gasteiger partial charge in [0.2, 0.25) is 12.5 Å². The van der Waals surface area contributed by atoms with Crippen molar-refractivity contribution in [3.05, 3.63) is 128 Å². The normalized spacial score (nSPS) is 22.4. The number of phenolic OH excluding ortho intramolecular Hbond substituents is 1. The third-order valence-corrected chi connectivity index (χ3v) is 13.1. The van der Waals surface area contributed by atoms with E-state index < -0.39 is 35.0 Å². The zero-order chi connectivity index (χ0) is 43.3. The molecule has 11 rings (SSSR count). The third-order valence-electron chi connectivity index (χ3n) is 13.1. The monoisotopic (exact) mass is 848 g/mol. The number of benzene rings is 4. The summed E-state index contributed by atoms with van der Waals surface area (Å²) < 4.78 is 35.4. The second kappa shape index (κ2) is 14.3. The molecule has 1 fully saturated rings. The van der Waals surface area contributed by atoms with Gasteiger partial charge in [-0.05, 0) is 71.6 Å². The van der Waals surface area contributed by atoms with Crippen molar-refractivity contribution < 1.29 is 48.2 Å². The first-order valence-electron chi connectivity index (χ1n) is 20.6. The van der Waals surface area contributed by atoms with Gasteiger partial charge < -0.3 is 49.3 Å². The molecule has 1 aliphatic carbocycles. The second-order valence-electron chi connectivity index (χ2n) is 16.2. The minimum absolute atomic E-state index is 0.0326. The van der Waals surface area contributed by atoms with Crippen LogP contribution in [0.4, 0.5) is 11.4 Å². The summed E-state index contributed by atoms with van der Waals surface area (Å²) in [4.78, 5) is 45.7. The number of ether oxygens (including phenoxy) is 6. The van der Waals surface area contributed by atoms with Crippen LogP contribution in [-0.2, 0) is 31.3 Å². The molecule has 63 heavy (non-hydrogen) atoms. The minimum atomic E-state index is -1.96. The van der Waals surface area contributed by atoms with Crippen LogP contribution in [0.15, 0.2) is 89.9 Å². The first-order valence-corrected chi connectivity index (χ1v) is 20.6. The largest absolute Gasteiger partial charge is 0.502 e. The maximum absolute atomic E-state index is 14.0. The lowest BCUT2D eigenvalue weighted by Crippen LogP contribution is -2.43. The summed E-state index contributed by atoms with van der Waals surface area (Å²) in [5.74, 6) is -1.20. The second-order valence-corrected chi connectivity index (χ2v) is 16.2. The van der Waals surface area contributed by atoms with Gasteiger partial charge in [0.25, 0.3) is 5.56 Å². The average Bonchev–Trinajstić information content (AvgIpc) is 4.03. The standard InChI is InChI=1S/C48H40N4O11/c1-4-48(57)31-17-35-43-28(19-52(35)45(54)29(31)20-61-47(48)56)27(24-9-5-6-10-32(24)50-43)18-49-33-11-7-8-12-34(33)51-42-26-16-37-36(62-22-63-37)15-25(26)40(41-30(42)21-60-46(41)55)23-13-38(58-2)44(53)39(14-23)59-3/h5-19,30,40-42,49,51,53,57H,4,20-22H2,1-3H3/t30-,40+,41-,42+,48-/m0/s1. The van der Waals surface area contributed by atoms with Gasteiger partial charge in [-0.3, -0.25) is 14.0 Å². The Hall–Kier alpha value is -7.52. The Balaban J connectivity index is 1.04. The van der Waals surface area contributed by atoms with Crippen molar-refractivity contribution >= 4 is 56.8 Å².